The minimum atomic E-state index is -0.921. The Bertz CT molecular complexity index is 2780. The first-order chi connectivity index (χ1) is 32.6. The first-order valence-electron chi connectivity index (χ1n) is 23.3. The van der Waals surface area contributed by atoms with Crippen LogP contribution in [0.25, 0.3) is 32.9 Å². The van der Waals surface area contributed by atoms with Gasteiger partial charge in [-0.25, -0.2) is 15.0 Å². The number of carbonyl (C=O) groups excluding carboxylic acids is 3. The third-order valence-corrected chi connectivity index (χ3v) is 14.6. The van der Waals surface area contributed by atoms with Crippen LogP contribution >= 0.6 is 11.3 Å². The molecule has 7 heterocycles. The van der Waals surface area contributed by atoms with Crippen molar-refractivity contribution in [1.29, 1.82) is 0 Å². The lowest BCUT2D eigenvalue weighted by Crippen LogP contribution is -2.58. The van der Waals surface area contributed by atoms with Gasteiger partial charge in [0.25, 0.3) is 0 Å². The van der Waals surface area contributed by atoms with Gasteiger partial charge in [-0.2, -0.15) is 5.10 Å². The van der Waals surface area contributed by atoms with Crippen LogP contribution in [0.4, 0.5) is 11.8 Å². The van der Waals surface area contributed by atoms with E-state index in [0.717, 1.165) is 60.4 Å². The number of phenols is 1. The molecule has 3 fully saturated rings. The molecule has 6 aromatic rings. The van der Waals surface area contributed by atoms with Gasteiger partial charge in [0.2, 0.25) is 23.7 Å². The van der Waals surface area contributed by atoms with Gasteiger partial charge < -0.3 is 36.4 Å². The molecule has 68 heavy (non-hydrogen) atoms. The number of thiazole rings is 1. The monoisotopic (exact) mass is 942 g/mol. The van der Waals surface area contributed by atoms with Crippen molar-refractivity contribution in [3.8, 4) is 27.6 Å². The first kappa shape index (κ1) is 46.4. The summed E-state index contributed by atoms with van der Waals surface area (Å²) in [6.07, 6.45) is 10.7. The Morgan fingerprint density at radius 1 is 0.882 bits per heavy atom. The van der Waals surface area contributed by atoms with Crippen molar-refractivity contribution in [2.45, 2.75) is 116 Å². The second-order valence-corrected chi connectivity index (χ2v) is 20.3. The van der Waals surface area contributed by atoms with Crippen LogP contribution in [-0.4, -0.2) is 116 Å². The summed E-state index contributed by atoms with van der Waals surface area (Å²) in [5.74, 6) is 0.0195. The quantitative estimate of drug-likeness (QED) is 0.111. The fourth-order valence-corrected chi connectivity index (χ4v) is 10.5. The van der Waals surface area contributed by atoms with Crippen LogP contribution in [-0.2, 0) is 14.4 Å². The third kappa shape index (κ3) is 9.56. The molecule has 1 saturated carbocycles. The van der Waals surface area contributed by atoms with Crippen LogP contribution in [0.1, 0.15) is 108 Å². The smallest absolute Gasteiger partial charge is 0.246 e. The lowest BCUT2D eigenvalue weighted by atomic mass is 9.78. The van der Waals surface area contributed by atoms with E-state index >= 15 is 0 Å². The van der Waals surface area contributed by atoms with Crippen molar-refractivity contribution in [3.05, 3.63) is 77.6 Å². The number of aliphatic hydroxyl groups is 1. The largest absolute Gasteiger partial charge is 0.507 e. The lowest BCUT2D eigenvalue weighted by molar-refractivity contribution is -0.144. The summed E-state index contributed by atoms with van der Waals surface area (Å²) in [5, 5.41) is 40.5. The van der Waals surface area contributed by atoms with Gasteiger partial charge in [-0.05, 0) is 87.5 Å². The molecular weight excluding hydrogens is 885 g/mol. The summed E-state index contributed by atoms with van der Waals surface area (Å²) in [6, 6.07) is 6.63. The third-order valence-electron chi connectivity index (χ3n) is 13.7. The fourth-order valence-electron chi connectivity index (χ4n) is 9.75. The number of piperidine rings is 1. The number of nitrogens with zero attached hydrogens (tertiary/aromatic N) is 11. The number of amides is 3. The summed E-state index contributed by atoms with van der Waals surface area (Å²) in [6.45, 7) is 10.8. The van der Waals surface area contributed by atoms with Gasteiger partial charge in [-0.1, -0.05) is 32.9 Å². The number of aromatic nitrogens is 9. The van der Waals surface area contributed by atoms with Crippen LogP contribution in [0, 0.1) is 18.3 Å². The Kier molecular flexibility index (Phi) is 13.1. The van der Waals surface area contributed by atoms with Crippen LogP contribution in [0.5, 0.6) is 5.75 Å². The number of anilines is 2. The highest BCUT2D eigenvalue weighted by Gasteiger charge is 2.45. The summed E-state index contributed by atoms with van der Waals surface area (Å²) >= 11 is 1.48. The average Bonchev–Trinajstić information content (AvgIpc) is 4.06. The number of phenolic OH excluding ortho intramolecular Hbond substituents is 1. The highest BCUT2D eigenvalue weighted by molar-refractivity contribution is 7.13. The summed E-state index contributed by atoms with van der Waals surface area (Å²) in [5.41, 5.74) is 12.9. The number of para-hydroxylation sites is 1. The Morgan fingerprint density at radius 2 is 1.62 bits per heavy atom. The van der Waals surface area contributed by atoms with Crippen molar-refractivity contribution in [2.24, 2.45) is 11.3 Å². The number of aromatic hydroxyl groups is 1. The second-order valence-electron chi connectivity index (χ2n) is 19.4. The molecule has 0 bridgehead atoms. The van der Waals surface area contributed by atoms with Gasteiger partial charge in [-0.3, -0.25) is 29.0 Å². The SMILES string of the molecule is Cc1ncsc1-c1cnc([C@@H](C)NC(=O)[C@@H]2C[C@@H](O)CN2C(=O)[C@@H](NC(=O)C2CCC(c3cnc(N4CCC(n5nc(N)c6nnc(-c7ccccc7O)cc65)CC4)nc3)CC2)C(C)(C)C)cn1. The molecule has 6 N–H and O–H groups in total. The summed E-state index contributed by atoms with van der Waals surface area (Å²) in [4.78, 5) is 69.4. The van der Waals surface area contributed by atoms with E-state index in [-0.39, 0.29) is 42.5 Å². The normalized spacial score (nSPS) is 21.1. The van der Waals surface area contributed by atoms with E-state index in [1.54, 1.807) is 43.0 Å². The predicted molar refractivity (Wildman–Crippen MR) is 256 cm³/mol. The van der Waals surface area contributed by atoms with Crippen LogP contribution < -0.4 is 21.3 Å². The number of hydrogen-bond acceptors (Lipinski definition) is 16. The second kappa shape index (κ2) is 19.1. The van der Waals surface area contributed by atoms with Crippen LogP contribution in [0.3, 0.4) is 0 Å². The van der Waals surface area contributed by atoms with Gasteiger partial charge in [-0.15, -0.1) is 21.5 Å². The molecule has 0 spiro atoms. The van der Waals surface area contributed by atoms with E-state index in [4.69, 9.17) is 15.7 Å². The van der Waals surface area contributed by atoms with Crippen molar-refractivity contribution in [3.63, 3.8) is 0 Å². The molecule has 9 rings (SSSR count). The standard InChI is InChI=1S/C48H58N14O5S/c1-26(35-22-51-36(23-50-35)41-27(2)54-25-68-41)55-45(66)38-18-32(63)24-61(38)46(67)42(48(3,4)5)56-44(65)29-12-10-28(11-13-29)30-20-52-47(53-21-30)60-16-14-31(15-17-60)62-37-19-34(33-8-6-7-9-39(33)64)57-58-40(37)43(49)59-62/h6-9,19-23,25-26,28-29,31-32,38,42,63-64H,10-18,24H2,1-5H3,(H2,49,59)(H,55,66)(H,56,65)/t26-,28?,29?,32-,38+,42-/m1/s1. The molecule has 19 nitrogen and oxygen atoms in total. The number of hydrogen-bond donors (Lipinski definition) is 5. The Hall–Kier alpha value is -6.67. The maximum atomic E-state index is 14.3. The van der Waals surface area contributed by atoms with E-state index in [0.29, 0.717) is 52.8 Å². The zero-order valence-corrected chi connectivity index (χ0v) is 39.7. The molecule has 3 aliphatic rings. The number of likely N-dealkylation sites (tertiary alicyclic amines) is 1. The number of rotatable bonds is 11. The molecular formula is C48H58N14O5S. The van der Waals surface area contributed by atoms with Crippen molar-refractivity contribution >= 4 is 51.9 Å². The number of β-amino-alcohol motifs (C(OH)–C–C–N with tert-alkyl or cyclic N) is 1. The van der Waals surface area contributed by atoms with Crippen LogP contribution in [0.15, 0.2) is 60.6 Å². The minimum Gasteiger partial charge on any atom is -0.507 e. The van der Waals surface area contributed by atoms with Gasteiger partial charge in [0, 0.05) is 49.9 Å². The number of nitrogen functional groups attached to an aromatic ring is 1. The zero-order chi connectivity index (χ0) is 47.9. The molecule has 0 unspecified atom stereocenters. The molecule has 1 aliphatic carbocycles. The molecule has 2 saturated heterocycles. The number of benzene rings is 1. The minimum absolute atomic E-state index is 0.0153. The van der Waals surface area contributed by atoms with E-state index in [1.165, 1.54) is 16.2 Å². The van der Waals surface area contributed by atoms with Gasteiger partial charge in [0.1, 0.15) is 23.5 Å². The number of carbonyl (C=O) groups is 3. The molecule has 2 aliphatic heterocycles. The molecule has 356 valence electrons. The molecule has 3 amide bonds. The van der Waals surface area contributed by atoms with Crippen molar-refractivity contribution < 1.29 is 24.6 Å². The van der Waals surface area contributed by atoms with Crippen molar-refractivity contribution in [1.82, 2.24) is 60.4 Å². The molecule has 4 atom stereocenters. The molecule has 0 radical (unpaired) electrons. The number of nitrogens with two attached hydrogens (primary N) is 1. The average molecular weight is 943 g/mol. The van der Waals surface area contributed by atoms with E-state index in [1.807, 2.05) is 56.9 Å². The van der Waals surface area contributed by atoms with Gasteiger partial charge in [0.15, 0.2) is 11.3 Å². The van der Waals surface area contributed by atoms with Crippen molar-refractivity contribution in [2.75, 3.05) is 30.3 Å². The number of fused-ring (bicyclic) bond motifs is 1. The number of nitrogens with one attached hydrogen (secondary N) is 2. The van der Waals surface area contributed by atoms with Gasteiger partial charge >= 0.3 is 0 Å². The number of aryl methyl sites for hydroxylation is 1. The van der Waals surface area contributed by atoms with Gasteiger partial charge in [0.05, 0.1) is 63.6 Å². The van der Waals surface area contributed by atoms with E-state index < -0.39 is 41.5 Å². The lowest BCUT2D eigenvalue weighted by Gasteiger charge is -2.37. The first-order valence-corrected chi connectivity index (χ1v) is 24.2. The summed E-state index contributed by atoms with van der Waals surface area (Å²) < 4.78 is 1.93. The number of aliphatic hydroxyl groups excluding tert-OH is 1. The maximum absolute atomic E-state index is 14.3. The Labute approximate surface area is 398 Å². The fraction of sp³-hybridized carbons (Fsp3) is 0.479. The highest BCUT2D eigenvalue weighted by atomic mass is 32.1. The topological polar surface area (TPSA) is 256 Å². The Morgan fingerprint density at radius 3 is 2.28 bits per heavy atom. The Balaban J connectivity index is 0.773. The molecule has 1 aromatic carbocycles. The van der Waals surface area contributed by atoms with E-state index in [2.05, 4.69) is 45.8 Å². The predicted octanol–water partition coefficient (Wildman–Crippen LogP) is 5.28. The zero-order valence-electron chi connectivity index (χ0n) is 38.9. The van der Waals surface area contributed by atoms with Crippen LogP contribution in [0.2, 0.25) is 0 Å². The van der Waals surface area contributed by atoms with E-state index in [9.17, 15) is 24.6 Å². The summed E-state index contributed by atoms with van der Waals surface area (Å²) in [7, 11) is 0. The highest BCUT2D eigenvalue weighted by Crippen LogP contribution is 2.38. The molecule has 5 aromatic heterocycles. The maximum Gasteiger partial charge on any atom is 0.246 e. The molecule has 20 heteroatoms.